The zero-order valence-electron chi connectivity index (χ0n) is 13.2. The average molecular weight is 322 g/mol. The monoisotopic (exact) mass is 322 g/mol. The maximum Gasteiger partial charge on any atom is 0.251 e. The molecule has 2 fully saturated rings. The van der Waals surface area contributed by atoms with Crippen molar-refractivity contribution >= 4 is 5.91 Å². The van der Waals surface area contributed by atoms with Gasteiger partial charge in [0.15, 0.2) is 0 Å². The number of halogens is 1. The lowest BCUT2D eigenvalue weighted by Crippen LogP contribution is -2.52. The first kappa shape index (κ1) is 16.4. The van der Waals surface area contributed by atoms with E-state index in [4.69, 9.17) is 4.74 Å². The largest absolute Gasteiger partial charge is 0.387 e. The van der Waals surface area contributed by atoms with E-state index in [0.717, 1.165) is 25.9 Å². The Morgan fingerprint density at radius 2 is 1.96 bits per heavy atom. The van der Waals surface area contributed by atoms with Gasteiger partial charge in [-0.2, -0.15) is 0 Å². The molecule has 23 heavy (non-hydrogen) atoms. The number of hydrogen-bond acceptors (Lipinski definition) is 4. The Balaban J connectivity index is 1.47. The number of nitrogens with zero attached hydrogens (tertiary/aromatic N) is 2. The molecule has 0 aliphatic carbocycles. The molecule has 1 aromatic rings. The van der Waals surface area contributed by atoms with E-state index >= 15 is 0 Å². The Kier molecular flexibility index (Phi) is 5.25. The highest BCUT2D eigenvalue weighted by Gasteiger charge is 2.30. The number of rotatable bonds is 4. The minimum atomic E-state index is -0.643. The topological polar surface area (TPSA) is 53.0 Å². The fourth-order valence-corrected chi connectivity index (χ4v) is 3.16. The molecule has 2 aliphatic heterocycles. The second kappa shape index (κ2) is 7.38. The number of benzene rings is 1. The Hall–Kier alpha value is -1.50. The number of piperazine rings is 1. The van der Waals surface area contributed by atoms with E-state index in [-0.39, 0.29) is 17.8 Å². The van der Waals surface area contributed by atoms with Gasteiger partial charge in [0.25, 0.3) is 5.91 Å². The van der Waals surface area contributed by atoms with Crippen LogP contribution in [0.3, 0.4) is 0 Å². The van der Waals surface area contributed by atoms with E-state index in [9.17, 15) is 14.3 Å². The Morgan fingerprint density at radius 1 is 1.26 bits per heavy atom. The van der Waals surface area contributed by atoms with Crippen molar-refractivity contribution in [2.24, 2.45) is 0 Å². The molecule has 126 valence electrons. The highest BCUT2D eigenvalue weighted by Crippen LogP contribution is 2.18. The molecule has 2 saturated heterocycles. The van der Waals surface area contributed by atoms with Gasteiger partial charge in [0, 0.05) is 39.3 Å². The van der Waals surface area contributed by atoms with E-state index in [0.29, 0.717) is 31.8 Å². The lowest BCUT2D eigenvalue weighted by Gasteiger charge is -2.36. The lowest BCUT2D eigenvalue weighted by atomic mass is 10.1. The first-order valence-electron chi connectivity index (χ1n) is 8.20. The number of β-amino-alcohol motifs (C(OH)–C–C–N with tert-alkyl or cyclic N) is 1. The number of hydrogen-bond donors (Lipinski definition) is 1. The van der Waals surface area contributed by atoms with Crippen molar-refractivity contribution in [3.63, 3.8) is 0 Å². The first-order chi connectivity index (χ1) is 11.1. The van der Waals surface area contributed by atoms with Gasteiger partial charge in [0.1, 0.15) is 11.9 Å². The van der Waals surface area contributed by atoms with E-state index < -0.39 is 6.10 Å². The van der Waals surface area contributed by atoms with Crippen LogP contribution in [-0.4, -0.2) is 66.2 Å². The molecule has 2 atom stereocenters. The Bertz CT molecular complexity index is 523. The molecule has 0 aromatic heterocycles. The van der Waals surface area contributed by atoms with Crippen molar-refractivity contribution in [3.8, 4) is 0 Å². The second-order valence-electron chi connectivity index (χ2n) is 6.19. The summed E-state index contributed by atoms with van der Waals surface area (Å²) in [5.41, 5.74) is 0.712. The molecule has 0 bridgehead atoms. The molecule has 6 heteroatoms. The predicted molar refractivity (Wildman–Crippen MR) is 83.4 cm³/mol. The van der Waals surface area contributed by atoms with Gasteiger partial charge < -0.3 is 14.7 Å². The molecule has 0 unspecified atom stereocenters. The Labute approximate surface area is 135 Å². The van der Waals surface area contributed by atoms with Gasteiger partial charge in [-0.1, -0.05) is 12.1 Å². The predicted octanol–water partition coefficient (Wildman–Crippen LogP) is 1.18. The van der Waals surface area contributed by atoms with Crippen molar-refractivity contribution in [3.05, 3.63) is 35.6 Å². The standard InChI is InChI=1S/C17H23FN2O3/c18-14-5-3-13(4-6-14)15(21)12-19-7-9-20(10-8-19)17(22)16-2-1-11-23-16/h3-6,15-16,21H,1-2,7-12H2/t15-,16+/m1/s1. The third-order valence-electron chi connectivity index (χ3n) is 4.58. The quantitative estimate of drug-likeness (QED) is 0.904. The van der Waals surface area contributed by atoms with E-state index in [1.807, 2.05) is 4.90 Å². The smallest absolute Gasteiger partial charge is 0.251 e. The Morgan fingerprint density at radius 3 is 2.57 bits per heavy atom. The van der Waals surface area contributed by atoms with Crippen molar-refractivity contribution in [2.75, 3.05) is 39.3 Å². The summed E-state index contributed by atoms with van der Waals surface area (Å²) in [5.74, 6) is -0.205. The van der Waals surface area contributed by atoms with Gasteiger partial charge in [0.05, 0.1) is 6.10 Å². The highest BCUT2D eigenvalue weighted by atomic mass is 19.1. The lowest BCUT2D eigenvalue weighted by molar-refractivity contribution is -0.142. The van der Waals surface area contributed by atoms with Gasteiger partial charge in [-0.15, -0.1) is 0 Å². The van der Waals surface area contributed by atoms with E-state index in [2.05, 4.69) is 4.90 Å². The summed E-state index contributed by atoms with van der Waals surface area (Å²) in [6.45, 7) is 3.96. The summed E-state index contributed by atoms with van der Waals surface area (Å²) in [7, 11) is 0. The van der Waals surface area contributed by atoms with Gasteiger partial charge in [-0.25, -0.2) is 4.39 Å². The molecule has 1 N–H and O–H groups in total. The van der Waals surface area contributed by atoms with Gasteiger partial charge in [0.2, 0.25) is 0 Å². The summed E-state index contributed by atoms with van der Waals surface area (Å²) in [5, 5.41) is 10.2. The SMILES string of the molecule is O=C([C@@H]1CCCO1)N1CCN(C[C@@H](O)c2ccc(F)cc2)CC1. The minimum Gasteiger partial charge on any atom is -0.387 e. The first-order valence-corrected chi connectivity index (χ1v) is 8.20. The van der Waals surface area contributed by atoms with Crippen LogP contribution in [0.15, 0.2) is 24.3 Å². The van der Waals surface area contributed by atoms with Crippen LogP contribution >= 0.6 is 0 Å². The third-order valence-corrected chi connectivity index (χ3v) is 4.58. The molecule has 2 heterocycles. The van der Waals surface area contributed by atoms with Crippen molar-refractivity contribution in [2.45, 2.75) is 25.0 Å². The number of ether oxygens (including phenoxy) is 1. The van der Waals surface area contributed by atoms with Gasteiger partial charge in [-0.05, 0) is 30.5 Å². The van der Waals surface area contributed by atoms with Crippen molar-refractivity contribution in [1.82, 2.24) is 9.80 Å². The zero-order chi connectivity index (χ0) is 16.2. The fraction of sp³-hybridized carbons (Fsp3) is 0.588. The summed E-state index contributed by atoms with van der Waals surface area (Å²) in [4.78, 5) is 16.3. The van der Waals surface area contributed by atoms with Gasteiger partial charge in [-0.3, -0.25) is 9.69 Å². The third kappa shape index (κ3) is 4.07. The summed E-state index contributed by atoms with van der Waals surface area (Å²) >= 11 is 0. The molecule has 1 aromatic carbocycles. The summed E-state index contributed by atoms with van der Waals surface area (Å²) in [6, 6.07) is 5.93. The molecule has 3 rings (SSSR count). The van der Waals surface area contributed by atoms with Crippen LogP contribution in [-0.2, 0) is 9.53 Å². The number of aliphatic hydroxyl groups excluding tert-OH is 1. The zero-order valence-corrected chi connectivity index (χ0v) is 13.2. The van der Waals surface area contributed by atoms with Crippen LogP contribution in [0, 0.1) is 5.82 Å². The fourth-order valence-electron chi connectivity index (χ4n) is 3.16. The van der Waals surface area contributed by atoms with Crippen LogP contribution < -0.4 is 0 Å². The number of carbonyl (C=O) groups excluding carboxylic acids is 1. The molecule has 1 amide bonds. The summed E-state index contributed by atoms with van der Waals surface area (Å²) < 4.78 is 18.4. The van der Waals surface area contributed by atoms with Crippen LogP contribution in [0.25, 0.3) is 0 Å². The molecular weight excluding hydrogens is 299 g/mol. The van der Waals surface area contributed by atoms with Gasteiger partial charge >= 0.3 is 0 Å². The number of aliphatic hydroxyl groups is 1. The number of amides is 1. The van der Waals surface area contributed by atoms with Crippen LogP contribution in [0.2, 0.25) is 0 Å². The molecule has 0 saturated carbocycles. The normalized spacial score (nSPS) is 23.9. The molecule has 0 radical (unpaired) electrons. The van der Waals surface area contributed by atoms with E-state index in [1.165, 1.54) is 12.1 Å². The molecular formula is C17H23FN2O3. The number of carbonyl (C=O) groups is 1. The average Bonchev–Trinajstić information content (AvgIpc) is 3.10. The van der Waals surface area contributed by atoms with Crippen LogP contribution in [0.1, 0.15) is 24.5 Å². The molecule has 2 aliphatic rings. The highest BCUT2D eigenvalue weighted by molar-refractivity contribution is 5.81. The van der Waals surface area contributed by atoms with Crippen LogP contribution in [0.5, 0.6) is 0 Å². The second-order valence-corrected chi connectivity index (χ2v) is 6.19. The van der Waals surface area contributed by atoms with Crippen LogP contribution in [0.4, 0.5) is 4.39 Å². The molecule has 0 spiro atoms. The van der Waals surface area contributed by atoms with E-state index in [1.54, 1.807) is 12.1 Å². The van der Waals surface area contributed by atoms with Crippen molar-refractivity contribution < 1.29 is 19.0 Å². The maximum atomic E-state index is 12.9. The summed E-state index contributed by atoms with van der Waals surface area (Å²) in [6.07, 6.45) is 0.880. The minimum absolute atomic E-state index is 0.0984. The maximum absolute atomic E-state index is 12.9. The molecule has 5 nitrogen and oxygen atoms in total. The van der Waals surface area contributed by atoms with Crippen molar-refractivity contribution in [1.29, 1.82) is 0 Å².